The van der Waals surface area contributed by atoms with Gasteiger partial charge in [0.2, 0.25) is 0 Å². The molecule has 0 saturated carbocycles. The average molecular weight is 290 g/mol. The van der Waals surface area contributed by atoms with Gasteiger partial charge in [-0.25, -0.2) is 4.39 Å². The van der Waals surface area contributed by atoms with Crippen LogP contribution in [-0.4, -0.2) is 21.5 Å². The molecule has 0 aliphatic carbocycles. The van der Waals surface area contributed by atoms with Crippen LogP contribution in [0, 0.1) is 5.82 Å². The van der Waals surface area contributed by atoms with E-state index in [1.807, 2.05) is 6.92 Å². The molecule has 1 unspecified atom stereocenters. The second-order valence-electron chi connectivity index (χ2n) is 4.72. The maximum absolute atomic E-state index is 13.9. The van der Waals surface area contributed by atoms with E-state index in [9.17, 15) is 9.50 Å². The molecular formula is C16H19FN2O2. The number of rotatable bonds is 6. The first-order valence-corrected chi connectivity index (χ1v) is 6.81. The van der Waals surface area contributed by atoms with E-state index in [1.54, 1.807) is 30.1 Å². The van der Waals surface area contributed by atoms with Gasteiger partial charge in [-0.2, -0.15) is 5.10 Å². The molecule has 0 bridgehead atoms. The van der Waals surface area contributed by atoms with Gasteiger partial charge in [0, 0.05) is 24.4 Å². The Labute approximate surface area is 123 Å². The van der Waals surface area contributed by atoms with Crippen LogP contribution in [0.25, 0.3) is 0 Å². The third kappa shape index (κ3) is 3.13. The SMILES string of the molecule is C=CCOc1c(F)cccc1C(O)c1cn(C)nc1CC. The van der Waals surface area contributed by atoms with Gasteiger partial charge in [0.05, 0.1) is 5.69 Å². The van der Waals surface area contributed by atoms with Gasteiger partial charge in [0.25, 0.3) is 0 Å². The first-order valence-electron chi connectivity index (χ1n) is 6.81. The predicted molar refractivity (Wildman–Crippen MR) is 78.7 cm³/mol. The molecule has 4 nitrogen and oxygen atoms in total. The topological polar surface area (TPSA) is 47.3 Å². The molecule has 1 N–H and O–H groups in total. The summed E-state index contributed by atoms with van der Waals surface area (Å²) >= 11 is 0. The second kappa shape index (κ2) is 6.54. The van der Waals surface area contributed by atoms with Crippen LogP contribution in [0.5, 0.6) is 5.75 Å². The van der Waals surface area contributed by atoms with Crippen molar-refractivity contribution in [3.63, 3.8) is 0 Å². The average Bonchev–Trinajstić information content (AvgIpc) is 2.86. The fraction of sp³-hybridized carbons (Fsp3) is 0.312. The Hall–Kier alpha value is -2.14. The minimum Gasteiger partial charge on any atom is -0.486 e. The highest BCUT2D eigenvalue weighted by molar-refractivity contribution is 5.42. The molecule has 0 saturated heterocycles. The molecule has 2 aromatic rings. The Morgan fingerprint density at radius 3 is 2.90 bits per heavy atom. The van der Waals surface area contributed by atoms with Gasteiger partial charge >= 0.3 is 0 Å². The van der Waals surface area contributed by atoms with E-state index < -0.39 is 11.9 Å². The van der Waals surface area contributed by atoms with Crippen molar-refractivity contribution < 1.29 is 14.2 Å². The molecule has 112 valence electrons. The first kappa shape index (κ1) is 15.3. The Morgan fingerprint density at radius 2 is 2.24 bits per heavy atom. The van der Waals surface area contributed by atoms with Gasteiger partial charge in [-0.3, -0.25) is 4.68 Å². The van der Waals surface area contributed by atoms with Gasteiger partial charge in [0.15, 0.2) is 11.6 Å². The van der Waals surface area contributed by atoms with E-state index in [0.717, 1.165) is 5.69 Å². The lowest BCUT2D eigenvalue weighted by atomic mass is 10.00. The number of ether oxygens (including phenoxy) is 1. The number of aromatic nitrogens is 2. The summed E-state index contributed by atoms with van der Waals surface area (Å²) in [5.74, 6) is -0.453. The maximum atomic E-state index is 13.9. The number of benzene rings is 1. The minimum absolute atomic E-state index is 0.0517. The van der Waals surface area contributed by atoms with Crippen LogP contribution in [0.1, 0.15) is 29.8 Å². The van der Waals surface area contributed by atoms with Gasteiger partial charge in [0.1, 0.15) is 12.7 Å². The van der Waals surface area contributed by atoms with E-state index in [1.165, 1.54) is 12.1 Å². The smallest absolute Gasteiger partial charge is 0.165 e. The van der Waals surface area contributed by atoms with Crippen molar-refractivity contribution in [1.82, 2.24) is 9.78 Å². The number of aliphatic hydroxyl groups is 1. The number of nitrogens with zero attached hydrogens (tertiary/aromatic N) is 2. The number of halogens is 1. The van der Waals surface area contributed by atoms with Crippen molar-refractivity contribution in [3.8, 4) is 5.75 Å². The summed E-state index contributed by atoms with van der Waals surface area (Å²) in [6.07, 6.45) is 2.98. The number of aliphatic hydroxyl groups excluding tert-OH is 1. The monoisotopic (exact) mass is 290 g/mol. The van der Waals surface area contributed by atoms with Crippen LogP contribution < -0.4 is 4.74 Å². The molecule has 0 spiro atoms. The zero-order valence-electron chi connectivity index (χ0n) is 12.2. The number of aryl methyl sites for hydroxylation is 2. The molecule has 0 amide bonds. The molecule has 1 aromatic carbocycles. The quantitative estimate of drug-likeness (QED) is 0.832. The zero-order chi connectivity index (χ0) is 15.4. The van der Waals surface area contributed by atoms with Crippen LogP contribution in [0.4, 0.5) is 4.39 Å². The standard InChI is InChI=1S/C16H19FN2O2/c1-4-9-21-16-11(7-6-8-13(16)17)15(20)12-10-19(3)18-14(12)5-2/h4,6-8,10,15,20H,1,5,9H2,2-3H3. The van der Waals surface area contributed by atoms with E-state index in [2.05, 4.69) is 11.7 Å². The third-order valence-corrected chi connectivity index (χ3v) is 3.20. The van der Waals surface area contributed by atoms with Crippen molar-refractivity contribution in [2.75, 3.05) is 6.61 Å². The maximum Gasteiger partial charge on any atom is 0.165 e. The van der Waals surface area contributed by atoms with E-state index in [0.29, 0.717) is 17.5 Å². The Morgan fingerprint density at radius 1 is 1.48 bits per heavy atom. The second-order valence-corrected chi connectivity index (χ2v) is 4.72. The molecular weight excluding hydrogens is 271 g/mol. The van der Waals surface area contributed by atoms with Crippen molar-refractivity contribution in [2.45, 2.75) is 19.4 Å². The normalized spacial score (nSPS) is 12.2. The Bertz CT molecular complexity index is 637. The third-order valence-electron chi connectivity index (χ3n) is 3.20. The summed E-state index contributed by atoms with van der Waals surface area (Å²) in [6.45, 7) is 5.68. The van der Waals surface area contributed by atoms with Crippen LogP contribution in [0.3, 0.4) is 0 Å². The van der Waals surface area contributed by atoms with Crippen molar-refractivity contribution in [3.05, 3.63) is 59.7 Å². The van der Waals surface area contributed by atoms with E-state index in [4.69, 9.17) is 4.74 Å². The summed E-state index contributed by atoms with van der Waals surface area (Å²) in [5, 5.41) is 14.9. The molecule has 5 heteroatoms. The molecule has 0 radical (unpaired) electrons. The number of hydrogen-bond acceptors (Lipinski definition) is 3. The Balaban J connectivity index is 2.44. The summed E-state index contributed by atoms with van der Waals surface area (Å²) in [5.41, 5.74) is 1.83. The molecule has 0 aliphatic rings. The lowest BCUT2D eigenvalue weighted by Crippen LogP contribution is -2.07. The van der Waals surface area contributed by atoms with Crippen LogP contribution in [-0.2, 0) is 13.5 Å². The van der Waals surface area contributed by atoms with Crippen LogP contribution in [0.2, 0.25) is 0 Å². The van der Waals surface area contributed by atoms with Gasteiger partial charge in [-0.15, -0.1) is 0 Å². The van der Waals surface area contributed by atoms with Crippen molar-refractivity contribution >= 4 is 0 Å². The summed E-state index contributed by atoms with van der Waals surface area (Å²) in [6, 6.07) is 4.51. The first-order chi connectivity index (χ1) is 10.1. The molecule has 2 rings (SSSR count). The molecule has 1 heterocycles. The lowest BCUT2D eigenvalue weighted by Gasteiger charge is -2.16. The molecule has 1 atom stereocenters. The predicted octanol–water partition coefficient (Wildman–Crippen LogP) is 2.77. The largest absolute Gasteiger partial charge is 0.486 e. The minimum atomic E-state index is -0.982. The molecule has 0 fully saturated rings. The summed E-state index contributed by atoms with van der Waals surface area (Å²) in [4.78, 5) is 0. The fourth-order valence-electron chi connectivity index (χ4n) is 2.26. The van der Waals surface area contributed by atoms with Gasteiger partial charge in [-0.1, -0.05) is 31.7 Å². The number of para-hydroxylation sites is 1. The highest BCUT2D eigenvalue weighted by Crippen LogP contribution is 2.33. The van der Waals surface area contributed by atoms with Crippen molar-refractivity contribution in [1.29, 1.82) is 0 Å². The molecule has 21 heavy (non-hydrogen) atoms. The molecule has 0 aliphatic heterocycles. The number of hydrogen-bond donors (Lipinski definition) is 1. The van der Waals surface area contributed by atoms with Crippen LogP contribution in [0.15, 0.2) is 37.1 Å². The van der Waals surface area contributed by atoms with E-state index >= 15 is 0 Å². The van der Waals surface area contributed by atoms with Crippen LogP contribution >= 0.6 is 0 Å². The van der Waals surface area contributed by atoms with Crippen molar-refractivity contribution in [2.24, 2.45) is 7.05 Å². The van der Waals surface area contributed by atoms with E-state index in [-0.39, 0.29) is 12.4 Å². The zero-order valence-corrected chi connectivity index (χ0v) is 12.2. The lowest BCUT2D eigenvalue weighted by molar-refractivity contribution is 0.210. The summed E-state index contributed by atoms with van der Waals surface area (Å²) < 4.78 is 20.9. The molecule has 1 aromatic heterocycles. The summed E-state index contributed by atoms with van der Waals surface area (Å²) in [7, 11) is 1.79. The van der Waals surface area contributed by atoms with Gasteiger partial charge < -0.3 is 9.84 Å². The van der Waals surface area contributed by atoms with Gasteiger partial charge in [-0.05, 0) is 12.5 Å². The highest BCUT2D eigenvalue weighted by Gasteiger charge is 2.22. The highest BCUT2D eigenvalue weighted by atomic mass is 19.1. The Kier molecular flexibility index (Phi) is 4.75. The fourth-order valence-corrected chi connectivity index (χ4v) is 2.26.